The molecule has 1 heterocycles. The van der Waals surface area contributed by atoms with E-state index in [0.29, 0.717) is 16.1 Å². The number of aromatic nitrogens is 1. The smallest absolute Gasteiger partial charge is 0.283 e. The Morgan fingerprint density at radius 3 is 1.91 bits per heavy atom. The highest BCUT2D eigenvalue weighted by Gasteiger charge is 2.17. The first-order valence-corrected chi connectivity index (χ1v) is 12.1. The summed E-state index contributed by atoms with van der Waals surface area (Å²) in [6.07, 6.45) is 0. The summed E-state index contributed by atoms with van der Waals surface area (Å²) in [6.45, 7) is 0. The van der Waals surface area contributed by atoms with Crippen LogP contribution in [-0.4, -0.2) is 17.6 Å². The lowest BCUT2D eigenvalue weighted by Crippen LogP contribution is -2.14. The third-order valence-electron chi connectivity index (χ3n) is 5.87. The van der Waals surface area contributed by atoms with Gasteiger partial charge in [0, 0.05) is 7.05 Å². The lowest BCUT2D eigenvalue weighted by molar-refractivity contribution is 0.0995. The summed E-state index contributed by atoms with van der Waals surface area (Å²) < 4.78 is 7.36. The number of amides is 1. The number of benzene rings is 4. The molecule has 5 rings (SSSR count). The molecule has 0 N–H and O–H groups in total. The number of carbonyl (C=O) groups excluding carboxylic acids is 1. The fourth-order valence-electron chi connectivity index (χ4n) is 4.08. The Morgan fingerprint density at radius 2 is 1.26 bits per heavy atom. The zero-order chi connectivity index (χ0) is 24.2. The van der Waals surface area contributed by atoms with E-state index >= 15 is 0 Å². The number of methoxy groups -OCH3 is 1. The van der Waals surface area contributed by atoms with Gasteiger partial charge in [0.15, 0.2) is 4.80 Å². The maximum Gasteiger partial charge on any atom is 0.283 e. The Kier molecular flexibility index (Phi) is 6.42. The van der Waals surface area contributed by atoms with E-state index in [2.05, 4.69) is 53.5 Å². The Balaban J connectivity index is 1.63. The van der Waals surface area contributed by atoms with Gasteiger partial charge in [-0.2, -0.15) is 4.99 Å². The highest BCUT2D eigenvalue weighted by Crippen LogP contribution is 2.35. The van der Waals surface area contributed by atoms with Crippen LogP contribution in [0.25, 0.3) is 32.8 Å². The topological polar surface area (TPSA) is 43.6 Å². The van der Waals surface area contributed by atoms with Gasteiger partial charge in [-0.3, -0.25) is 4.79 Å². The minimum Gasteiger partial charge on any atom is -0.496 e. The SMILES string of the molecule is COc1ccccc1C(=O)N=c1sc(-c2ccccc2)c(-c2ccc(-c3ccccc3)cc2)n1C. The van der Waals surface area contributed by atoms with Crippen LogP contribution in [0.4, 0.5) is 0 Å². The fraction of sp³-hybridized carbons (Fsp3) is 0.0667. The molecule has 35 heavy (non-hydrogen) atoms. The second-order valence-corrected chi connectivity index (χ2v) is 9.03. The van der Waals surface area contributed by atoms with Gasteiger partial charge in [0.1, 0.15) is 5.75 Å². The van der Waals surface area contributed by atoms with E-state index in [9.17, 15) is 4.79 Å². The van der Waals surface area contributed by atoms with Crippen LogP contribution in [0.1, 0.15) is 10.4 Å². The third-order valence-corrected chi connectivity index (χ3v) is 7.05. The van der Waals surface area contributed by atoms with Crippen LogP contribution >= 0.6 is 11.3 Å². The molecule has 172 valence electrons. The molecule has 0 saturated carbocycles. The van der Waals surface area contributed by atoms with E-state index < -0.39 is 0 Å². The number of nitrogens with zero attached hydrogens (tertiary/aromatic N) is 2. The van der Waals surface area contributed by atoms with Gasteiger partial charge in [0.25, 0.3) is 5.91 Å². The molecule has 0 aliphatic rings. The molecule has 5 aromatic rings. The van der Waals surface area contributed by atoms with Crippen molar-refractivity contribution in [2.45, 2.75) is 0 Å². The van der Waals surface area contributed by atoms with Crippen LogP contribution < -0.4 is 9.54 Å². The zero-order valence-corrected chi connectivity index (χ0v) is 20.3. The normalized spacial score (nSPS) is 11.4. The number of hydrogen-bond acceptors (Lipinski definition) is 3. The van der Waals surface area contributed by atoms with Gasteiger partial charge in [0.05, 0.1) is 23.2 Å². The van der Waals surface area contributed by atoms with Gasteiger partial charge in [0.2, 0.25) is 0 Å². The molecule has 0 fully saturated rings. The number of para-hydroxylation sites is 1. The summed E-state index contributed by atoms with van der Waals surface area (Å²) in [6, 6.07) is 36.2. The monoisotopic (exact) mass is 476 g/mol. The van der Waals surface area contributed by atoms with E-state index in [4.69, 9.17) is 4.74 Å². The molecule has 0 aliphatic carbocycles. The molecule has 5 heteroatoms. The predicted octanol–water partition coefficient (Wildman–Crippen LogP) is 6.84. The van der Waals surface area contributed by atoms with Crippen molar-refractivity contribution in [3.8, 4) is 38.6 Å². The van der Waals surface area contributed by atoms with Crippen molar-refractivity contribution in [3.63, 3.8) is 0 Å². The summed E-state index contributed by atoms with van der Waals surface area (Å²) in [4.78, 5) is 19.3. The van der Waals surface area contributed by atoms with Crippen LogP contribution in [0.5, 0.6) is 5.75 Å². The van der Waals surface area contributed by atoms with Crippen LogP contribution in [0, 0.1) is 0 Å². The van der Waals surface area contributed by atoms with E-state index in [1.165, 1.54) is 16.9 Å². The highest BCUT2D eigenvalue weighted by atomic mass is 32.1. The molecule has 0 saturated heterocycles. The summed E-state index contributed by atoms with van der Waals surface area (Å²) in [5, 5.41) is 0. The van der Waals surface area contributed by atoms with Crippen molar-refractivity contribution in [1.29, 1.82) is 0 Å². The Labute approximate surface area is 208 Å². The fourth-order valence-corrected chi connectivity index (χ4v) is 5.23. The number of rotatable bonds is 5. The second-order valence-electron chi connectivity index (χ2n) is 8.05. The number of hydrogen-bond donors (Lipinski definition) is 0. The maximum atomic E-state index is 13.1. The first-order chi connectivity index (χ1) is 17.2. The Hall–Kier alpha value is -4.22. The van der Waals surface area contributed by atoms with E-state index in [1.54, 1.807) is 19.2 Å². The summed E-state index contributed by atoms with van der Waals surface area (Å²) >= 11 is 1.51. The van der Waals surface area contributed by atoms with Gasteiger partial charge >= 0.3 is 0 Å². The largest absolute Gasteiger partial charge is 0.496 e. The van der Waals surface area contributed by atoms with Crippen LogP contribution in [-0.2, 0) is 7.05 Å². The quantitative estimate of drug-likeness (QED) is 0.279. The molecule has 4 aromatic carbocycles. The summed E-state index contributed by atoms with van der Waals surface area (Å²) in [5.74, 6) is 0.186. The molecule has 1 aromatic heterocycles. The molecule has 1 amide bonds. The number of thiazole rings is 1. The lowest BCUT2D eigenvalue weighted by atomic mass is 10.0. The Bertz CT molecular complexity index is 1530. The second kappa shape index (κ2) is 9.95. The van der Waals surface area contributed by atoms with Crippen LogP contribution in [0.15, 0.2) is 114 Å². The standard InChI is InChI=1S/C30H24N2O2S/c1-32-27(23-19-17-22(18-20-23)21-11-5-3-6-12-21)28(24-13-7-4-8-14-24)35-30(32)31-29(33)25-15-9-10-16-26(25)34-2/h3-20H,1-2H3. The van der Waals surface area contributed by atoms with Crippen molar-refractivity contribution < 1.29 is 9.53 Å². The molecule has 0 radical (unpaired) electrons. The number of ether oxygens (including phenoxy) is 1. The average molecular weight is 477 g/mol. The van der Waals surface area contributed by atoms with Gasteiger partial charge in [-0.15, -0.1) is 0 Å². The predicted molar refractivity (Wildman–Crippen MR) is 142 cm³/mol. The maximum absolute atomic E-state index is 13.1. The first kappa shape index (κ1) is 22.6. The molecular weight excluding hydrogens is 452 g/mol. The molecule has 0 unspecified atom stereocenters. The van der Waals surface area contributed by atoms with E-state index in [-0.39, 0.29) is 5.91 Å². The molecule has 0 atom stereocenters. The van der Waals surface area contributed by atoms with Crippen LogP contribution in [0.3, 0.4) is 0 Å². The van der Waals surface area contributed by atoms with Crippen molar-refractivity contribution in [2.75, 3.05) is 7.11 Å². The third kappa shape index (κ3) is 4.59. The molecular formula is C30H24N2O2S. The van der Waals surface area contributed by atoms with Crippen molar-refractivity contribution in [1.82, 2.24) is 4.57 Å². The number of carbonyl (C=O) groups is 1. The summed E-state index contributed by atoms with van der Waals surface area (Å²) in [7, 11) is 3.51. The molecule has 4 nitrogen and oxygen atoms in total. The lowest BCUT2D eigenvalue weighted by Gasteiger charge is -2.09. The Morgan fingerprint density at radius 1 is 0.714 bits per heavy atom. The van der Waals surface area contributed by atoms with E-state index in [1.807, 2.05) is 60.1 Å². The molecule has 0 spiro atoms. The molecule has 0 aliphatic heterocycles. The average Bonchev–Trinajstić information content (AvgIpc) is 3.25. The minimum absolute atomic E-state index is 0.329. The first-order valence-electron chi connectivity index (χ1n) is 11.3. The van der Waals surface area contributed by atoms with Gasteiger partial charge in [-0.1, -0.05) is 108 Å². The minimum atomic E-state index is -0.329. The molecule has 0 bridgehead atoms. The van der Waals surface area contributed by atoms with Gasteiger partial charge < -0.3 is 9.30 Å². The highest BCUT2D eigenvalue weighted by molar-refractivity contribution is 7.13. The van der Waals surface area contributed by atoms with Crippen molar-refractivity contribution in [3.05, 3.63) is 120 Å². The van der Waals surface area contributed by atoms with Crippen molar-refractivity contribution in [2.24, 2.45) is 12.0 Å². The summed E-state index contributed by atoms with van der Waals surface area (Å²) in [5.41, 5.74) is 5.94. The van der Waals surface area contributed by atoms with Crippen molar-refractivity contribution >= 4 is 17.2 Å². The van der Waals surface area contributed by atoms with Gasteiger partial charge in [-0.05, 0) is 34.4 Å². The zero-order valence-electron chi connectivity index (χ0n) is 19.5. The van der Waals surface area contributed by atoms with Gasteiger partial charge in [-0.25, -0.2) is 0 Å². The van der Waals surface area contributed by atoms with Crippen LogP contribution in [0.2, 0.25) is 0 Å². The van der Waals surface area contributed by atoms with E-state index in [0.717, 1.165) is 27.3 Å².